The lowest BCUT2D eigenvalue weighted by atomic mass is 10.2. The largest absolute Gasteiger partial charge is 0.423 e. The van der Waals surface area contributed by atoms with Gasteiger partial charge in [0.1, 0.15) is 5.75 Å². The summed E-state index contributed by atoms with van der Waals surface area (Å²) in [7, 11) is 0. The van der Waals surface area contributed by atoms with Crippen molar-refractivity contribution in [3.05, 3.63) is 64.5 Å². The molecule has 0 atom stereocenters. The van der Waals surface area contributed by atoms with Gasteiger partial charge in [-0.1, -0.05) is 0 Å². The van der Waals surface area contributed by atoms with Crippen molar-refractivity contribution in [2.45, 2.75) is 0 Å². The van der Waals surface area contributed by atoms with Crippen molar-refractivity contribution in [3.63, 3.8) is 0 Å². The van der Waals surface area contributed by atoms with E-state index in [1.54, 1.807) is 12.1 Å². The van der Waals surface area contributed by atoms with Gasteiger partial charge in [-0.05, 0) is 24.3 Å². The van der Waals surface area contributed by atoms with Crippen molar-refractivity contribution in [1.82, 2.24) is 4.98 Å². The fourth-order valence-corrected chi connectivity index (χ4v) is 1.29. The summed E-state index contributed by atoms with van der Waals surface area (Å²) in [6.45, 7) is 0. The Balaban J connectivity index is 2.12. The van der Waals surface area contributed by atoms with Gasteiger partial charge in [-0.2, -0.15) is 0 Å². The number of esters is 1. The van der Waals surface area contributed by atoms with Crippen LogP contribution >= 0.6 is 0 Å². The smallest absolute Gasteiger partial charge is 0.343 e. The highest BCUT2D eigenvalue weighted by Gasteiger charge is 2.11. The summed E-state index contributed by atoms with van der Waals surface area (Å²) in [6, 6.07) is 8.29. The van der Waals surface area contributed by atoms with Crippen LogP contribution in [0.1, 0.15) is 10.4 Å². The van der Waals surface area contributed by atoms with Crippen LogP contribution in [0.25, 0.3) is 0 Å². The number of rotatable bonds is 3. The van der Waals surface area contributed by atoms with Crippen molar-refractivity contribution in [2.24, 2.45) is 0 Å². The minimum absolute atomic E-state index is 0.0736. The fraction of sp³-hybridized carbons (Fsp3) is 0. The number of hydrogen-bond acceptors (Lipinski definition) is 5. The quantitative estimate of drug-likeness (QED) is 0.469. The molecule has 0 saturated heterocycles. The molecule has 6 nitrogen and oxygen atoms in total. The molecule has 0 amide bonds. The Morgan fingerprint density at radius 2 is 1.72 bits per heavy atom. The number of aromatic nitrogens is 1. The third-order valence-electron chi connectivity index (χ3n) is 2.17. The standard InChI is InChI=1S/C12H8N2O4/c15-12(18-11-5-7-13-8-6-11)9-1-3-10(4-2-9)14(16)17/h1-8H. The first kappa shape index (κ1) is 11.7. The van der Waals surface area contributed by atoms with Crippen molar-refractivity contribution >= 4 is 11.7 Å². The minimum Gasteiger partial charge on any atom is -0.423 e. The van der Waals surface area contributed by atoms with Gasteiger partial charge >= 0.3 is 5.97 Å². The van der Waals surface area contributed by atoms with Gasteiger partial charge in [-0.3, -0.25) is 15.1 Å². The number of carbonyl (C=O) groups is 1. The van der Waals surface area contributed by atoms with Crippen LogP contribution in [0, 0.1) is 10.1 Å². The Morgan fingerprint density at radius 3 is 2.28 bits per heavy atom. The van der Waals surface area contributed by atoms with Gasteiger partial charge in [-0.25, -0.2) is 4.79 Å². The Bertz CT molecular complexity index is 566. The summed E-state index contributed by atoms with van der Waals surface area (Å²) < 4.78 is 5.05. The van der Waals surface area contributed by atoms with Gasteiger partial charge in [0.15, 0.2) is 0 Å². The molecule has 0 aliphatic carbocycles. The highest BCUT2D eigenvalue weighted by atomic mass is 16.6. The lowest BCUT2D eigenvalue weighted by molar-refractivity contribution is -0.384. The molecule has 18 heavy (non-hydrogen) atoms. The highest BCUT2D eigenvalue weighted by molar-refractivity contribution is 5.91. The van der Waals surface area contributed by atoms with Crippen LogP contribution in [0.2, 0.25) is 0 Å². The number of ether oxygens (including phenoxy) is 1. The molecule has 90 valence electrons. The summed E-state index contributed by atoms with van der Waals surface area (Å²) in [5.41, 5.74) is 0.174. The van der Waals surface area contributed by atoms with Gasteiger partial charge in [0.05, 0.1) is 10.5 Å². The second-order valence-corrected chi connectivity index (χ2v) is 3.38. The predicted octanol–water partition coefficient (Wildman–Crippen LogP) is 2.21. The molecule has 0 aliphatic heterocycles. The topological polar surface area (TPSA) is 82.3 Å². The summed E-state index contributed by atoms with van der Waals surface area (Å²) in [6.07, 6.45) is 3.00. The monoisotopic (exact) mass is 244 g/mol. The van der Waals surface area contributed by atoms with E-state index in [-0.39, 0.29) is 11.3 Å². The van der Waals surface area contributed by atoms with E-state index in [0.717, 1.165) is 0 Å². The molecular weight excluding hydrogens is 236 g/mol. The lowest BCUT2D eigenvalue weighted by Gasteiger charge is -2.03. The van der Waals surface area contributed by atoms with Crippen LogP contribution in [0.3, 0.4) is 0 Å². The average molecular weight is 244 g/mol. The maximum Gasteiger partial charge on any atom is 0.343 e. The number of hydrogen-bond donors (Lipinski definition) is 0. The summed E-state index contributed by atoms with van der Waals surface area (Å²) in [5, 5.41) is 10.5. The Kier molecular flexibility index (Phi) is 3.29. The lowest BCUT2D eigenvalue weighted by Crippen LogP contribution is -2.08. The van der Waals surface area contributed by atoms with Crippen LogP contribution in [0.4, 0.5) is 5.69 Å². The average Bonchev–Trinajstić information content (AvgIpc) is 2.40. The maximum atomic E-state index is 11.7. The van der Waals surface area contributed by atoms with Gasteiger partial charge in [-0.15, -0.1) is 0 Å². The second-order valence-electron chi connectivity index (χ2n) is 3.38. The van der Waals surface area contributed by atoms with Crippen LogP contribution in [0.5, 0.6) is 5.75 Å². The third-order valence-corrected chi connectivity index (χ3v) is 2.17. The van der Waals surface area contributed by atoms with E-state index in [4.69, 9.17) is 4.74 Å². The molecular formula is C12H8N2O4. The number of nitro groups is 1. The van der Waals surface area contributed by atoms with Gasteiger partial charge in [0.25, 0.3) is 5.69 Å². The molecule has 6 heteroatoms. The Labute approximate surface area is 102 Å². The molecule has 0 radical (unpaired) electrons. The van der Waals surface area contributed by atoms with Crippen LogP contribution in [-0.4, -0.2) is 15.9 Å². The number of nitrogens with zero attached hydrogens (tertiary/aromatic N) is 2. The first-order valence-corrected chi connectivity index (χ1v) is 5.03. The molecule has 0 N–H and O–H groups in total. The molecule has 0 spiro atoms. The van der Waals surface area contributed by atoms with Crippen molar-refractivity contribution in [2.75, 3.05) is 0 Å². The third kappa shape index (κ3) is 2.67. The summed E-state index contributed by atoms with van der Waals surface area (Å²) in [4.78, 5) is 25.4. The van der Waals surface area contributed by atoms with Crippen molar-refractivity contribution < 1.29 is 14.5 Å². The van der Waals surface area contributed by atoms with Gasteiger partial charge in [0.2, 0.25) is 0 Å². The summed E-state index contributed by atoms with van der Waals surface area (Å²) >= 11 is 0. The molecule has 2 rings (SSSR count). The molecule has 0 aliphatic rings. The normalized spacial score (nSPS) is 9.78. The van der Waals surface area contributed by atoms with Crippen LogP contribution in [0.15, 0.2) is 48.8 Å². The van der Waals surface area contributed by atoms with Crippen molar-refractivity contribution in [1.29, 1.82) is 0 Å². The molecule has 0 fully saturated rings. The van der Waals surface area contributed by atoms with Crippen molar-refractivity contribution in [3.8, 4) is 5.75 Å². The van der Waals surface area contributed by atoms with E-state index in [1.807, 2.05) is 0 Å². The number of carbonyl (C=O) groups excluding carboxylic acids is 1. The van der Waals surface area contributed by atoms with E-state index in [0.29, 0.717) is 5.75 Å². The van der Waals surface area contributed by atoms with Crippen LogP contribution in [-0.2, 0) is 0 Å². The minimum atomic E-state index is -0.573. The number of benzene rings is 1. The molecule has 1 heterocycles. The first-order chi connectivity index (χ1) is 8.66. The molecule has 0 saturated carbocycles. The highest BCUT2D eigenvalue weighted by Crippen LogP contribution is 2.14. The predicted molar refractivity (Wildman–Crippen MR) is 62.3 cm³/mol. The van der Waals surface area contributed by atoms with Gasteiger partial charge in [0, 0.05) is 24.5 Å². The molecule has 0 bridgehead atoms. The first-order valence-electron chi connectivity index (χ1n) is 5.03. The number of nitro benzene ring substituents is 1. The number of non-ortho nitro benzene ring substituents is 1. The molecule has 1 aromatic heterocycles. The molecule has 1 aromatic carbocycles. The van der Waals surface area contributed by atoms with E-state index in [9.17, 15) is 14.9 Å². The zero-order valence-electron chi connectivity index (χ0n) is 9.15. The second kappa shape index (κ2) is 5.05. The number of pyridine rings is 1. The van der Waals surface area contributed by atoms with E-state index in [1.165, 1.54) is 36.7 Å². The zero-order chi connectivity index (χ0) is 13.0. The van der Waals surface area contributed by atoms with E-state index in [2.05, 4.69) is 4.98 Å². The van der Waals surface area contributed by atoms with E-state index >= 15 is 0 Å². The fourth-order valence-electron chi connectivity index (χ4n) is 1.29. The summed E-state index contributed by atoms with van der Waals surface area (Å²) in [5.74, 6) is -0.204. The Morgan fingerprint density at radius 1 is 1.11 bits per heavy atom. The van der Waals surface area contributed by atoms with Gasteiger partial charge < -0.3 is 4.74 Å². The van der Waals surface area contributed by atoms with E-state index < -0.39 is 10.9 Å². The molecule has 0 unspecified atom stereocenters. The maximum absolute atomic E-state index is 11.7. The van der Waals surface area contributed by atoms with Crippen LogP contribution < -0.4 is 4.74 Å². The zero-order valence-corrected chi connectivity index (χ0v) is 9.15. The SMILES string of the molecule is O=C(Oc1ccncc1)c1ccc([N+](=O)[O-])cc1. The molecule has 2 aromatic rings. The Hall–Kier alpha value is -2.76.